The zero-order chi connectivity index (χ0) is 9.97. The number of rotatable bonds is 3. The number of benzene rings is 1. The van der Waals surface area contributed by atoms with Crippen LogP contribution in [-0.4, -0.2) is 12.4 Å². The molecule has 1 aliphatic rings. The smallest absolute Gasteiger partial charge is 0.142 e. The topological polar surface area (TPSA) is 29.6 Å². The van der Waals surface area contributed by atoms with Crippen LogP contribution in [0.1, 0.15) is 11.7 Å². The summed E-state index contributed by atoms with van der Waals surface area (Å²) in [6.45, 7) is 0. The predicted molar refractivity (Wildman–Crippen MR) is 54.3 cm³/mol. The number of carbonyl (C=O) groups is 1. The standard InChI is InChI=1S/C11H9ClO2/c12-9-5-3-8(4-6-9)11-10(14-11)2-1-7-13/h1-7,10-11H/b2-1+/t10-,11-/m1/s1. The first kappa shape index (κ1) is 9.44. The van der Waals surface area contributed by atoms with Gasteiger partial charge in [0, 0.05) is 5.02 Å². The fourth-order valence-electron chi connectivity index (χ4n) is 1.35. The molecule has 2 nitrogen and oxygen atoms in total. The van der Waals surface area contributed by atoms with Crippen molar-refractivity contribution < 1.29 is 9.53 Å². The molecule has 0 N–H and O–H groups in total. The van der Waals surface area contributed by atoms with Crippen LogP contribution in [0.4, 0.5) is 0 Å². The lowest BCUT2D eigenvalue weighted by Gasteiger charge is -1.94. The maximum absolute atomic E-state index is 10.1. The van der Waals surface area contributed by atoms with Gasteiger partial charge in [-0.25, -0.2) is 0 Å². The Morgan fingerprint density at radius 1 is 1.29 bits per heavy atom. The molecule has 0 spiro atoms. The Morgan fingerprint density at radius 2 is 2.00 bits per heavy atom. The average Bonchev–Trinajstić information content (AvgIpc) is 2.95. The average molecular weight is 209 g/mol. The summed E-state index contributed by atoms with van der Waals surface area (Å²) in [5, 5.41) is 0.717. The number of hydrogen-bond donors (Lipinski definition) is 0. The molecule has 72 valence electrons. The van der Waals surface area contributed by atoms with Gasteiger partial charge in [0.1, 0.15) is 18.5 Å². The molecule has 2 atom stereocenters. The Bertz CT molecular complexity index is 356. The summed E-state index contributed by atoms with van der Waals surface area (Å²) < 4.78 is 5.36. The number of allylic oxidation sites excluding steroid dienone is 1. The lowest BCUT2D eigenvalue weighted by atomic mass is 10.1. The van der Waals surface area contributed by atoms with Crippen molar-refractivity contribution in [3.8, 4) is 0 Å². The molecule has 1 aromatic carbocycles. The van der Waals surface area contributed by atoms with E-state index in [0.717, 1.165) is 16.9 Å². The van der Waals surface area contributed by atoms with Gasteiger partial charge in [-0.3, -0.25) is 4.79 Å². The van der Waals surface area contributed by atoms with Crippen molar-refractivity contribution in [2.24, 2.45) is 0 Å². The second-order valence-corrected chi connectivity index (χ2v) is 3.53. The van der Waals surface area contributed by atoms with Crippen molar-refractivity contribution in [3.63, 3.8) is 0 Å². The number of epoxide rings is 1. The number of aldehydes is 1. The summed E-state index contributed by atoms with van der Waals surface area (Å²) in [7, 11) is 0. The Hall–Kier alpha value is -1.12. The fraction of sp³-hybridized carbons (Fsp3) is 0.182. The highest BCUT2D eigenvalue weighted by Gasteiger charge is 2.37. The normalized spacial score (nSPS) is 25.2. The van der Waals surface area contributed by atoms with Gasteiger partial charge in [0.2, 0.25) is 0 Å². The first-order chi connectivity index (χ1) is 6.81. The van der Waals surface area contributed by atoms with Crippen LogP contribution in [0.5, 0.6) is 0 Å². The van der Waals surface area contributed by atoms with Crippen LogP contribution in [0, 0.1) is 0 Å². The van der Waals surface area contributed by atoms with Gasteiger partial charge in [-0.1, -0.05) is 23.7 Å². The number of hydrogen-bond acceptors (Lipinski definition) is 2. The van der Waals surface area contributed by atoms with E-state index in [9.17, 15) is 4.79 Å². The molecule has 1 aliphatic heterocycles. The monoisotopic (exact) mass is 208 g/mol. The molecule has 0 unspecified atom stereocenters. The van der Waals surface area contributed by atoms with Gasteiger partial charge in [0.25, 0.3) is 0 Å². The molecule has 1 heterocycles. The van der Waals surface area contributed by atoms with Crippen molar-refractivity contribution in [3.05, 3.63) is 47.0 Å². The van der Waals surface area contributed by atoms with E-state index < -0.39 is 0 Å². The molecule has 1 aromatic rings. The van der Waals surface area contributed by atoms with Crippen molar-refractivity contribution >= 4 is 17.9 Å². The van der Waals surface area contributed by atoms with Crippen LogP contribution in [0.15, 0.2) is 36.4 Å². The van der Waals surface area contributed by atoms with E-state index in [1.807, 2.05) is 24.3 Å². The molecule has 1 saturated heterocycles. The van der Waals surface area contributed by atoms with Gasteiger partial charge in [0.15, 0.2) is 0 Å². The van der Waals surface area contributed by atoms with Crippen molar-refractivity contribution in [1.29, 1.82) is 0 Å². The Kier molecular flexibility index (Phi) is 2.66. The first-order valence-corrected chi connectivity index (χ1v) is 4.72. The molecule has 0 aromatic heterocycles. The Labute approximate surface area is 87.1 Å². The third kappa shape index (κ3) is 2.03. The van der Waals surface area contributed by atoms with Crippen LogP contribution in [0.3, 0.4) is 0 Å². The summed E-state index contributed by atoms with van der Waals surface area (Å²) in [6, 6.07) is 7.53. The van der Waals surface area contributed by atoms with Crippen LogP contribution >= 0.6 is 11.6 Å². The first-order valence-electron chi connectivity index (χ1n) is 4.34. The van der Waals surface area contributed by atoms with Gasteiger partial charge in [-0.15, -0.1) is 0 Å². The number of halogens is 1. The van der Waals surface area contributed by atoms with Crippen LogP contribution in [0.2, 0.25) is 5.02 Å². The second-order valence-electron chi connectivity index (χ2n) is 3.09. The SMILES string of the molecule is O=C/C=C/[C@H]1O[C@@H]1c1ccc(Cl)cc1. The van der Waals surface area contributed by atoms with E-state index in [0.29, 0.717) is 0 Å². The number of carbonyl (C=O) groups excluding carboxylic acids is 1. The number of ether oxygens (including phenoxy) is 1. The summed E-state index contributed by atoms with van der Waals surface area (Å²) in [5.41, 5.74) is 1.09. The van der Waals surface area contributed by atoms with Gasteiger partial charge < -0.3 is 4.74 Å². The quantitative estimate of drug-likeness (QED) is 0.434. The van der Waals surface area contributed by atoms with Crippen LogP contribution in [-0.2, 0) is 9.53 Å². The second kappa shape index (κ2) is 3.95. The molecule has 2 rings (SSSR count). The zero-order valence-electron chi connectivity index (χ0n) is 7.39. The lowest BCUT2D eigenvalue weighted by Crippen LogP contribution is -1.84. The van der Waals surface area contributed by atoms with E-state index >= 15 is 0 Å². The van der Waals surface area contributed by atoms with E-state index in [2.05, 4.69) is 0 Å². The van der Waals surface area contributed by atoms with Gasteiger partial charge in [0.05, 0.1) is 0 Å². The highest BCUT2D eigenvalue weighted by molar-refractivity contribution is 6.30. The molecule has 0 radical (unpaired) electrons. The zero-order valence-corrected chi connectivity index (χ0v) is 8.15. The third-order valence-electron chi connectivity index (χ3n) is 2.10. The molecule has 0 saturated carbocycles. The van der Waals surface area contributed by atoms with Crippen molar-refractivity contribution in [1.82, 2.24) is 0 Å². The van der Waals surface area contributed by atoms with E-state index in [-0.39, 0.29) is 12.2 Å². The van der Waals surface area contributed by atoms with Crippen LogP contribution in [0.25, 0.3) is 0 Å². The van der Waals surface area contributed by atoms with Gasteiger partial charge in [-0.2, -0.15) is 0 Å². The van der Waals surface area contributed by atoms with Gasteiger partial charge >= 0.3 is 0 Å². The minimum atomic E-state index is 0.0429. The molecular formula is C11H9ClO2. The van der Waals surface area contributed by atoms with E-state index in [1.165, 1.54) is 6.08 Å². The minimum Gasteiger partial charge on any atom is -0.360 e. The third-order valence-corrected chi connectivity index (χ3v) is 2.36. The van der Waals surface area contributed by atoms with E-state index in [4.69, 9.17) is 16.3 Å². The highest BCUT2D eigenvalue weighted by Crippen LogP contribution is 2.39. The van der Waals surface area contributed by atoms with Crippen LogP contribution < -0.4 is 0 Å². The maximum atomic E-state index is 10.1. The maximum Gasteiger partial charge on any atom is 0.142 e. The predicted octanol–water partition coefficient (Wildman–Crippen LogP) is 2.54. The molecular weight excluding hydrogens is 200 g/mol. The highest BCUT2D eigenvalue weighted by atomic mass is 35.5. The summed E-state index contributed by atoms with van der Waals surface area (Å²) in [4.78, 5) is 10.1. The summed E-state index contributed by atoms with van der Waals surface area (Å²) >= 11 is 5.76. The Balaban J connectivity index is 2.02. The van der Waals surface area contributed by atoms with Crippen molar-refractivity contribution in [2.75, 3.05) is 0 Å². The molecule has 0 aliphatic carbocycles. The summed E-state index contributed by atoms with van der Waals surface area (Å²) in [5.74, 6) is 0. The fourth-order valence-corrected chi connectivity index (χ4v) is 1.47. The minimum absolute atomic E-state index is 0.0429. The molecule has 1 fully saturated rings. The van der Waals surface area contributed by atoms with Crippen molar-refractivity contribution in [2.45, 2.75) is 12.2 Å². The van der Waals surface area contributed by atoms with Gasteiger partial charge in [-0.05, 0) is 29.8 Å². The summed E-state index contributed by atoms with van der Waals surface area (Å²) in [6.07, 6.45) is 4.10. The largest absolute Gasteiger partial charge is 0.360 e. The molecule has 14 heavy (non-hydrogen) atoms. The van der Waals surface area contributed by atoms with E-state index in [1.54, 1.807) is 6.08 Å². The Morgan fingerprint density at radius 3 is 2.64 bits per heavy atom. The molecule has 0 amide bonds. The molecule has 3 heteroatoms. The lowest BCUT2D eigenvalue weighted by molar-refractivity contribution is -0.104. The molecule has 0 bridgehead atoms.